The SMILES string of the molecule is CCc1ccc(C(=O)Nc2ccc([C@@H]3SCC(=O)N3c3cccc(C)c3C)cc2)cc1. The van der Waals surface area contributed by atoms with Gasteiger partial charge >= 0.3 is 0 Å². The Bertz CT molecular complexity index is 1110. The average molecular weight is 431 g/mol. The zero-order valence-corrected chi connectivity index (χ0v) is 18.8. The maximum atomic E-state index is 12.7. The molecule has 1 fully saturated rings. The lowest BCUT2D eigenvalue weighted by atomic mass is 10.1. The minimum Gasteiger partial charge on any atom is -0.322 e. The lowest BCUT2D eigenvalue weighted by Crippen LogP contribution is -2.28. The van der Waals surface area contributed by atoms with Crippen LogP contribution >= 0.6 is 11.8 Å². The summed E-state index contributed by atoms with van der Waals surface area (Å²) in [5, 5.41) is 2.89. The first-order valence-electron chi connectivity index (χ1n) is 10.5. The third-order valence-electron chi connectivity index (χ3n) is 5.78. The van der Waals surface area contributed by atoms with Gasteiger partial charge in [0.15, 0.2) is 0 Å². The van der Waals surface area contributed by atoms with Crippen molar-refractivity contribution in [3.05, 3.63) is 94.5 Å². The summed E-state index contributed by atoms with van der Waals surface area (Å²) in [6.45, 7) is 6.21. The fraction of sp³-hybridized carbons (Fsp3) is 0.231. The zero-order valence-electron chi connectivity index (χ0n) is 18.0. The van der Waals surface area contributed by atoms with Crippen molar-refractivity contribution in [3.63, 3.8) is 0 Å². The van der Waals surface area contributed by atoms with E-state index in [0.717, 1.165) is 28.9 Å². The predicted octanol–water partition coefficient (Wildman–Crippen LogP) is 5.90. The van der Waals surface area contributed by atoms with Gasteiger partial charge in [0.05, 0.1) is 5.75 Å². The van der Waals surface area contributed by atoms with E-state index in [1.165, 1.54) is 11.1 Å². The molecule has 4 rings (SSSR count). The number of aryl methyl sites for hydroxylation is 2. The van der Waals surface area contributed by atoms with Gasteiger partial charge in [0.1, 0.15) is 5.37 Å². The highest BCUT2D eigenvalue weighted by molar-refractivity contribution is 8.00. The third-order valence-corrected chi connectivity index (χ3v) is 6.99. The van der Waals surface area contributed by atoms with E-state index >= 15 is 0 Å². The zero-order chi connectivity index (χ0) is 22.0. The summed E-state index contributed by atoms with van der Waals surface area (Å²) in [5.74, 6) is 0.457. The lowest BCUT2D eigenvalue weighted by molar-refractivity contribution is -0.115. The highest BCUT2D eigenvalue weighted by atomic mass is 32.2. The Labute approximate surface area is 187 Å². The number of nitrogens with one attached hydrogen (secondary N) is 1. The van der Waals surface area contributed by atoms with Crippen molar-refractivity contribution in [1.29, 1.82) is 0 Å². The molecule has 5 heteroatoms. The van der Waals surface area contributed by atoms with Crippen molar-refractivity contribution in [3.8, 4) is 0 Å². The first-order valence-corrected chi connectivity index (χ1v) is 11.5. The summed E-state index contributed by atoms with van der Waals surface area (Å²) in [4.78, 5) is 27.1. The van der Waals surface area contributed by atoms with Gasteiger partial charge in [0, 0.05) is 16.9 Å². The Morgan fingerprint density at radius 2 is 1.74 bits per heavy atom. The third kappa shape index (κ3) is 4.37. The summed E-state index contributed by atoms with van der Waals surface area (Å²) < 4.78 is 0. The first kappa shape index (κ1) is 21.2. The van der Waals surface area contributed by atoms with Gasteiger partial charge in [-0.1, -0.05) is 43.3 Å². The van der Waals surface area contributed by atoms with Crippen molar-refractivity contribution >= 4 is 35.0 Å². The van der Waals surface area contributed by atoms with E-state index in [0.29, 0.717) is 11.3 Å². The van der Waals surface area contributed by atoms with Crippen LogP contribution in [0.2, 0.25) is 0 Å². The molecule has 3 aromatic carbocycles. The monoisotopic (exact) mass is 430 g/mol. The minimum atomic E-state index is -0.127. The molecular weight excluding hydrogens is 404 g/mol. The summed E-state index contributed by atoms with van der Waals surface area (Å²) in [7, 11) is 0. The van der Waals surface area contributed by atoms with Crippen LogP contribution < -0.4 is 10.2 Å². The Kier molecular flexibility index (Phi) is 6.14. The lowest BCUT2D eigenvalue weighted by Gasteiger charge is -2.26. The second kappa shape index (κ2) is 8.98. The van der Waals surface area contributed by atoms with E-state index in [9.17, 15) is 9.59 Å². The van der Waals surface area contributed by atoms with Crippen LogP contribution in [0.4, 0.5) is 11.4 Å². The molecule has 0 saturated carbocycles. The summed E-state index contributed by atoms with van der Waals surface area (Å²) in [5.41, 5.74) is 6.89. The molecule has 0 aliphatic carbocycles. The number of rotatable bonds is 5. The molecule has 1 atom stereocenters. The van der Waals surface area contributed by atoms with Gasteiger partial charge in [-0.25, -0.2) is 0 Å². The van der Waals surface area contributed by atoms with E-state index < -0.39 is 0 Å². The van der Waals surface area contributed by atoms with Gasteiger partial charge in [-0.3, -0.25) is 14.5 Å². The molecule has 1 aliphatic rings. The maximum Gasteiger partial charge on any atom is 0.255 e. The van der Waals surface area contributed by atoms with Gasteiger partial charge < -0.3 is 5.32 Å². The normalized spacial score (nSPS) is 15.9. The molecule has 3 aromatic rings. The summed E-state index contributed by atoms with van der Waals surface area (Å²) in [6.07, 6.45) is 0.949. The number of anilines is 2. The minimum absolute atomic E-state index is 0.0701. The smallest absolute Gasteiger partial charge is 0.255 e. The summed E-state index contributed by atoms with van der Waals surface area (Å²) >= 11 is 1.63. The molecule has 0 unspecified atom stereocenters. The van der Waals surface area contributed by atoms with E-state index in [4.69, 9.17) is 0 Å². The Balaban J connectivity index is 1.52. The van der Waals surface area contributed by atoms with Gasteiger partial charge in [-0.2, -0.15) is 0 Å². The molecule has 2 amide bonds. The molecule has 31 heavy (non-hydrogen) atoms. The first-order chi connectivity index (χ1) is 15.0. The Morgan fingerprint density at radius 3 is 2.42 bits per heavy atom. The molecule has 0 bridgehead atoms. The van der Waals surface area contributed by atoms with Crippen LogP contribution in [-0.4, -0.2) is 17.6 Å². The quantitative estimate of drug-likeness (QED) is 0.548. The van der Waals surface area contributed by atoms with Crippen LogP contribution in [0.5, 0.6) is 0 Å². The van der Waals surface area contributed by atoms with Gasteiger partial charge in [0.25, 0.3) is 5.91 Å². The number of thioether (sulfide) groups is 1. The summed E-state index contributed by atoms with van der Waals surface area (Å²) in [6, 6.07) is 21.5. The van der Waals surface area contributed by atoms with E-state index in [2.05, 4.69) is 32.2 Å². The topological polar surface area (TPSA) is 49.4 Å². The van der Waals surface area contributed by atoms with Crippen molar-refractivity contribution in [2.45, 2.75) is 32.6 Å². The number of hydrogen-bond acceptors (Lipinski definition) is 3. The van der Waals surface area contributed by atoms with Crippen LogP contribution in [0.3, 0.4) is 0 Å². The number of nitrogens with zero attached hydrogens (tertiary/aromatic N) is 1. The van der Waals surface area contributed by atoms with Crippen molar-refractivity contribution in [2.75, 3.05) is 16.0 Å². The highest BCUT2D eigenvalue weighted by Gasteiger charge is 2.34. The van der Waals surface area contributed by atoms with Crippen LogP contribution in [0.1, 0.15) is 44.9 Å². The molecule has 1 heterocycles. The molecule has 1 N–H and O–H groups in total. The van der Waals surface area contributed by atoms with E-state index in [1.54, 1.807) is 11.8 Å². The van der Waals surface area contributed by atoms with Crippen molar-refractivity contribution in [2.24, 2.45) is 0 Å². The molecule has 0 aromatic heterocycles. The molecule has 158 valence electrons. The van der Waals surface area contributed by atoms with Crippen LogP contribution in [-0.2, 0) is 11.2 Å². The molecule has 0 spiro atoms. The van der Waals surface area contributed by atoms with Gasteiger partial charge in [0.2, 0.25) is 5.91 Å². The number of carbonyl (C=O) groups is 2. The Hall–Kier alpha value is -3.05. The maximum absolute atomic E-state index is 12.7. The van der Waals surface area contributed by atoms with E-state index in [1.807, 2.05) is 65.6 Å². The van der Waals surface area contributed by atoms with E-state index in [-0.39, 0.29) is 17.2 Å². The number of carbonyl (C=O) groups excluding carboxylic acids is 2. The molecule has 0 radical (unpaired) electrons. The second-order valence-corrected chi connectivity index (χ2v) is 8.84. The van der Waals surface area contributed by atoms with Crippen molar-refractivity contribution < 1.29 is 9.59 Å². The predicted molar refractivity (Wildman–Crippen MR) is 129 cm³/mol. The molecule has 4 nitrogen and oxygen atoms in total. The van der Waals surface area contributed by atoms with Crippen LogP contribution in [0.15, 0.2) is 66.7 Å². The fourth-order valence-electron chi connectivity index (χ4n) is 3.75. The van der Waals surface area contributed by atoms with Crippen molar-refractivity contribution in [1.82, 2.24) is 0 Å². The second-order valence-electron chi connectivity index (χ2n) is 7.77. The standard InChI is InChI=1S/C26H26N2O2S/c1-4-19-8-10-20(11-9-19)25(30)27-22-14-12-21(13-15-22)26-28(24(29)16-31-26)23-7-5-6-17(2)18(23)3/h5-15,26H,4,16H2,1-3H3,(H,27,30)/t26-/m0/s1. The molecule has 1 saturated heterocycles. The van der Waals surface area contributed by atoms with Gasteiger partial charge in [-0.15, -0.1) is 11.8 Å². The van der Waals surface area contributed by atoms with Gasteiger partial charge in [-0.05, 0) is 72.9 Å². The average Bonchev–Trinajstić information content (AvgIpc) is 3.17. The number of hydrogen-bond donors (Lipinski definition) is 1. The number of amides is 2. The molecule has 1 aliphatic heterocycles. The number of benzene rings is 3. The largest absolute Gasteiger partial charge is 0.322 e. The van der Waals surface area contributed by atoms with Crippen LogP contribution in [0.25, 0.3) is 0 Å². The highest BCUT2D eigenvalue weighted by Crippen LogP contribution is 2.43. The Morgan fingerprint density at radius 1 is 1.03 bits per heavy atom. The molecular formula is C26H26N2O2S. The fourth-order valence-corrected chi connectivity index (χ4v) is 4.92. The van der Waals surface area contributed by atoms with Crippen LogP contribution in [0, 0.1) is 13.8 Å².